The number of imidazole rings is 1. The SMILES string of the molecule is COC[C@@H](C)NC(=O)CSc1n[nH]c2nc3ccccc3n12. The van der Waals surface area contributed by atoms with Crippen LogP contribution in [-0.2, 0) is 9.53 Å². The van der Waals surface area contributed by atoms with Gasteiger partial charge in [-0.1, -0.05) is 23.9 Å². The normalized spacial score (nSPS) is 12.8. The van der Waals surface area contributed by atoms with Gasteiger partial charge in [0, 0.05) is 13.2 Å². The van der Waals surface area contributed by atoms with Crippen molar-refractivity contribution in [3.05, 3.63) is 24.3 Å². The van der Waals surface area contributed by atoms with Gasteiger partial charge < -0.3 is 10.1 Å². The van der Waals surface area contributed by atoms with Gasteiger partial charge in [0.2, 0.25) is 11.7 Å². The number of hydrogen-bond donors (Lipinski definition) is 2. The minimum atomic E-state index is -0.0462. The van der Waals surface area contributed by atoms with Crippen LogP contribution in [-0.4, -0.2) is 51.0 Å². The number of aromatic amines is 1. The maximum atomic E-state index is 11.9. The Morgan fingerprint density at radius 2 is 2.32 bits per heavy atom. The summed E-state index contributed by atoms with van der Waals surface area (Å²) in [4.78, 5) is 16.4. The Balaban J connectivity index is 1.73. The number of para-hydroxylation sites is 2. The lowest BCUT2D eigenvalue weighted by Crippen LogP contribution is -2.36. The minimum absolute atomic E-state index is 0.00798. The summed E-state index contributed by atoms with van der Waals surface area (Å²) in [5.41, 5.74) is 1.87. The van der Waals surface area contributed by atoms with Gasteiger partial charge in [0.25, 0.3) is 0 Å². The predicted octanol–water partition coefficient (Wildman–Crippen LogP) is 1.45. The molecule has 3 rings (SSSR count). The Bertz CT molecular complexity index is 797. The van der Waals surface area contributed by atoms with Gasteiger partial charge >= 0.3 is 0 Å². The fraction of sp³-hybridized carbons (Fsp3) is 0.357. The van der Waals surface area contributed by atoms with Crippen LogP contribution in [0.5, 0.6) is 0 Å². The lowest BCUT2D eigenvalue weighted by molar-refractivity contribution is -0.119. The monoisotopic (exact) mass is 319 g/mol. The highest BCUT2D eigenvalue weighted by Crippen LogP contribution is 2.22. The van der Waals surface area contributed by atoms with Crippen molar-refractivity contribution in [2.45, 2.75) is 18.1 Å². The molecule has 1 amide bonds. The highest BCUT2D eigenvalue weighted by molar-refractivity contribution is 7.99. The second-order valence-corrected chi connectivity index (χ2v) is 5.92. The van der Waals surface area contributed by atoms with Crippen molar-refractivity contribution in [2.75, 3.05) is 19.5 Å². The molecule has 0 aliphatic carbocycles. The molecule has 0 spiro atoms. The van der Waals surface area contributed by atoms with Crippen LogP contribution in [0.2, 0.25) is 0 Å². The molecule has 2 N–H and O–H groups in total. The maximum Gasteiger partial charge on any atom is 0.231 e. The third-order valence-electron chi connectivity index (χ3n) is 3.16. The average Bonchev–Trinajstić information content (AvgIpc) is 3.04. The molecular formula is C14H17N5O2S. The van der Waals surface area contributed by atoms with E-state index in [-0.39, 0.29) is 11.9 Å². The topological polar surface area (TPSA) is 84.3 Å². The fourth-order valence-corrected chi connectivity index (χ4v) is 3.05. The number of ether oxygens (including phenoxy) is 1. The lowest BCUT2D eigenvalue weighted by Gasteiger charge is -2.11. The van der Waals surface area contributed by atoms with Gasteiger partial charge in [-0.05, 0) is 19.1 Å². The van der Waals surface area contributed by atoms with E-state index >= 15 is 0 Å². The molecule has 0 aliphatic heterocycles. The van der Waals surface area contributed by atoms with Gasteiger partial charge in [-0.2, -0.15) is 0 Å². The van der Waals surface area contributed by atoms with Gasteiger partial charge in [0.15, 0.2) is 5.16 Å². The zero-order valence-corrected chi connectivity index (χ0v) is 13.2. The summed E-state index contributed by atoms with van der Waals surface area (Å²) in [6.45, 7) is 2.40. The number of rotatable bonds is 6. The number of thioether (sulfide) groups is 1. The Labute approximate surface area is 131 Å². The van der Waals surface area contributed by atoms with Crippen molar-refractivity contribution in [3.8, 4) is 0 Å². The van der Waals surface area contributed by atoms with Crippen LogP contribution in [0.15, 0.2) is 29.4 Å². The number of nitrogens with zero attached hydrogens (tertiary/aromatic N) is 3. The summed E-state index contributed by atoms with van der Waals surface area (Å²) >= 11 is 1.37. The number of amides is 1. The highest BCUT2D eigenvalue weighted by atomic mass is 32.2. The molecule has 0 unspecified atom stereocenters. The first-order valence-corrected chi connectivity index (χ1v) is 7.90. The number of nitrogens with one attached hydrogen (secondary N) is 2. The van der Waals surface area contributed by atoms with E-state index in [9.17, 15) is 4.79 Å². The molecule has 2 aromatic heterocycles. The summed E-state index contributed by atoms with van der Waals surface area (Å²) in [6.07, 6.45) is 0. The maximum absolute atomic E-state index is 11.9. The number of fused-ring (bicyclic) bond motifs is 3. The van der Waals surface area contributed by atoms with Crippen LogP contribution in [0.4, 0.5) is 0 Å². The quantitative estimate of drug-likeness (QED) is 0.672. The van der Waals surface area contributed by atoms with E-state index in [0.29, 0.717) is 18.1 Å². The number of benzene rings is 1. The Hall–Kier alpha value is -2.06. The zero-order valence-electron chi connectivity index (χ0n) is 12.4. The second kappa shape index (κ2) is 6.37. The van der Waals surface area contributed by atoms with Gasteiger partial charge in [0.1, 0.15) is 0 Å². The molecule has 1 aromatic carbocycles. The molecule has 0 aliphatic rings. The van der Waals surface area contributed by atoms with Crippen molar-refractivity contribution in [3.63, 3.8) is 0 Å². The third-order valence-corrected chi connectivity index (χ3v) is 4.10. The average molecular weight is 319 g/mol. The van der Waals surface area contributed by atoms with E-state index in [2.05, 4.69) is 20.5 Å². The van der Waals surface area contributed by atoms with Gasteiger partial charge in [-0.25, -0.2) is 10.1 Å². The largest absolute Gasteiger partial charge is 0.383 e. The molecule has 0 saturated carbocycles. The Kier molecular flexibility index (Phi) is 4.30. The number of carbonyl (C=O) groups excluding carboxylic acids is 1. The first-order valence-electron chi connectivity index (χ1n) is 6.91. The molecule has 0 fully saturated rings. The smallest absolute Gasteiger partial charge is 0.231 e. The molecule has 22 heavy (non-hydrogen) atoms. The van der Waals surface area contributed by atoms with Crippen LogP contribution in [0.1, 0.15) is 6.92 Å². The molecule has 7 nitrogen and oxygen atoms in total. The first kappa shape index (κ1) is 14.9. The Morgan fingerprint density at radius 1 is 1.50 bits per heavy atom. The first-order chi connectivity index (χ1) is 10.7. The van der Waals surface area contributed by atoms with Crippen molar-refractivity contribution in [1.82, 2.24) is 24.9 Å². The molecule has 8 heteroatoms. The third kappa shape index (κ3) is 2.93. The molecule has 1 atom stereocenters. The van der Waals surface area contributed by atoms with Crippen LogP contribution < -0.4 is 5.32 Å². The Morgan fingerprint density at radius 3 is 3.14 bits per heavy atom. The van der Waals surface area contributed by atoms with E-state index in [0.717, 1.165) is 16.2 Å². The van der Waals surface area contributed by atoms with Gasteiger partial charge in [-0.15, -0.1) is 5.10 Å². The lowest BCUT2D eigenvalue weighted by atomic mass is 10.3. The highest BCUT2D eigenvalue weighted by Gasteiger charge is 2.14. The second-order valence-electron chi connectivity index (χ2n) is 4.98. The fourth-order valence-electron chi connectivity index (χ4n) is 2.28. The van der Waals surface area contributed by atoms with Crippen LogP contribution in [0, 0.1) is 0 Å². The molecule has 3 aromatic rings. The van der Waals surface area contributed by atoms with E-state index in [1.165, 1.54) is 11.8 Å². The van der Waals surface area contributed by atoms with E-state index in [4.69, 9.17) is 4.74 Å². The summed E-state index contributed by atoms with van der Waals surface area (Å²) in [7, 11) is 1.61. The van der Waals surface area contributed by atoms with Crippen molar-refractivity contribution in [1.29, 1.82) is 0 Å². The number of carbonyl (C=O) groups is 1. The number of H-pyrrole nitrogens is 1. The van der Waals surface area contributed by atoms with Gasteiger partial charge in [-0.3, -0.25) is 9.20 Å². The van der Waals surface area contributed by atoms with Crippen molar-refractivity contribution >= 4 is 34.5 Å². The van der Waals surface area contributed by atoms with E-state index < -0.39 is 0 Å². The van der Waals surface area contributed by atoms with Crippen LogP contribution >= 0.6 is 11.8 Å². The summed E-state index contributed by atoms with van der Waals surface area (Å²) in [5, 5.41) is 10.7. The number of aromatic nitrogens is 4. The summed E-state index contributed by atoms with van der Waals surface area (Å²) in [5.74, 6) is 0.924. The summed E-state index contributed by atoms with van der Waals surface area (Å²) < 4.78 is 6.92. The van der Waals surface area contributed by atoms with Crippen molar-refractivity contribution in [2.24, 2.45) is 0 Å². The molecule has 0 radical (unpaired) electrons. The van der Waals surface area contributed by atoms with E-state index in [1.807, 2.05) is 35.6 Å². The van der Waals surface area contributed by atoms with Crippen LogP contribution in [0.25, 0.3) is 16.8 Å². The number of hydrogen-bond acceptors (Lipinski definition) is 5. The molecular weight excluding hydrogens is 302 g/mol. The summed E-state index contributed by atoms with van der Waals surface area (Å²) in [6, 6.07) is 7.82. The molecule has 2 heterocycles. The molecule has 0 saturated heterocycles. The minimum Gasteiger partial charge on any atom is -0.383 e. The van der Waals surface area contributed by atoms with E-state index in [1.54, 1.807) is 7.11 Å². The van der Waals surface area contributed by atoms with Gasteiger partial charge in [0.05, 0.1) is 23.4 Å². The predicted molar refractivity (Wildman–Crippen MR) is 85.0 cm³/mol. The van der Waals surface area contributed by atoms with Crippen LogP contribution in [0.3, 0.4) is 0 Å². The molecule has 116 valence electrons. The van der Waals surface area contributed by atoms with Crippen molar-refractivity contribution < 1.29 is 9.53 Å². The standard InChI is InChI=1S/C14H17N5O2S/c1-9(7-21-2)15-12(20)8-22-14-18-17-13-16-10-5-3-4-6-11(10)19(13)14/h3-6,9H,7-8H2,1-2H3,(H,15,20)(H,16,17)/t9-/m1/s1. The molecule has 0 bridgehead atoms. The number of methoxy groups -OCH3 is 1. The zero-order chi connectivity index (χ0) is 15.5.